The first-order valence-electron chi connectivity index (χ1n) is 10.4. The number of aliphatic hydroxyl groups is 2. The van der Waals surface area contributed by atoms with E-state index >= 15 is 0 Å². The van der Waals surface area contributed by atoms with E-state index in [-0.39, 0.29) is 17.4 Å². The van der Waals surface area contributed by atoms with Crippen LogP contribution in [-0.2, 0) is 9.59 Å². The fourth-order valence-corrected chi connectivity index (χ4v) is 3.46. The maximum Gasteiger partial charge on any atom is 0.177 e. The Balaban J connectivity index is 4.20. The van der Waals surface area contributed by atoms with Gasteiger partial charge in [0, 0.05) is 18.8 Å². The second kappa shape index (κ2) is 13.2. The van der Waals surface area contributed by atoms with Gasteiger partial charge in [0.2, 0.25) is 0 Å². The topological polar surface area (TPSA) is 97.7 Å². The molecule has 0 aliphatic heterocycles. The van der Waals surface area contributed by atoms with Crippen LogP contribution in [-0.4, -0.2) is 65.8 Å². The number of unbranched alkanes of at least 4 members (excludes halogenated alkanes) is 8. The molecular formula is C21H41NO5. The summed E-state index contributed by atoms with van der Waals surface area (Å²) in [6.45, 7) is 2.17. The molecule has 2 atom stereocenters. The standard InChI is InChI=1S/C21H41NO5/c1-5-6-7-8-9-10-11-12-13-14-18(23)15-19(24)21(27,16-20(25)26)17-22(2,3)4/h18,23,27H,5-17H2,1-4H3/t18?,21-/m1/s1. The summed E-state index contributed by atoms with van der Waals surface area (Å²) in [6.07, 6.45) is 9.26. The van der Waals surface area contributed by atoms with Crippen LogP contribution < -0.4 is 5.11 Å². The van der Waals surface area contributed by atoms with Gasteiger partial charge in [0.25, 0.3) is 0 Å². The minimum atomic E-state index is -2.00. The molecule has 6 heteroatoms. The number of hydrogen-bond donors (Lipinski definition) is 2. The number of quaternary nitrogens is 1. The Bertz CT molecular complexity index is 433. The van der Waals surface area contributed by atoms with Crippen LogP contribution in [0.3, 0.4) is 0 Å². The quantitative estimate of drug-likeness (QED) is 0.293. The van der Waals surface area contributed by atoms with Gasteiger partial charge in [0.15, 0.2) is 11.4 Å². The van der Waals surface area contributed by atoms with Crippen molar-refractivity contribution in [2.45, 2.75) is 95.7 Å². The van der Waals surface area contributed by atoms with E-state index in [0.29, 0.717) is 6.42 Å². The van der Waals surface area contributed by atoms with E-state index < -0.39 is 29.9 Å². The van der Waals surface area contributed by atoms with Crippen molar-refractivity contribution in [1.29, 1.82) is 0 Å². The summed E-state index contributed by atoms with van der Waals surface area (Å²) in [4.78, 5) is 23.4. The van der Waals surface area contributed by atoms with E-state index in [9.17, 15) is 24.9 Å². The molecule has 0 spiro atoms. The van der Waals surface area contributed by atoms with Crippen molar-refractivity contribution >= 4 is 11.8 Å². The molecule has 0 saturated heterocycles. The van der Waals surface area contributed by atoms with Crippen LogP contribution in [0.15, 0.2) is 0 Å². The second-order valence-electron chi connectivity index (χ2n) is 8.93. The maximum atomic E-state index is 12.4. The summed E-state index contributed by atoms with van der Waals surface area (Å²) >= 11 is 0. The van der Waals surface area contributed by atoms with Gasteiger partial charge in [-0.1, -0.05) is 64.7 Å². The van der Waals surface area contributed by atoms with E-state index in [2.05, 4.69) is 6.92 Å². The molecule has 0 radical (unpaired) electrons. The van der Waals surface area contributed by atoms with Gasteiger partial charge in [-0.3, -0.25) is 4.79 Å². The molecule has 0 aromatic rings. The minimum Gasteiger partial charge on any atom is -0.550 e. The van der Waals surface area contributed by atoms with Gasteiger partial charge in [-0.2, -0.15) is 0 Å². The van der Waals surface area contributed by atoms with Gasteiger partial charge in [-0.15, -0.1) is 0 Å². The Morgan fingerprint density at radius 3 is 1.89 bits per heavy atom. The predicted molar refractivity (Wildman–Crippen MR) is 105 cm³/mol. The summed E-state index contributed by atoms with van der Waals surface area (Å²) in [5.74, 6) is -2.09. The molecule has 2 N–H and O–H groups in total. The number of hydrogen-bond acceptors (Lipinski definition) is 5. The molecule has 0 rings (SSSR count). The molecule has 27 heavy (non-hydrogen) atoms. The second-order valence-corrected chi connectivity index (χ2v) is 8.93. The fraction of sp³-hybridized carbons (Fsp3) is 0.905. The molecular weight excluding hydrogens is 346 g/mol. The van der Waals surface area contributed by atoms with Crippen molar-refractivity contribution in [1.82, 2.24) is 0 Å². The smallest absolute Gasteiger partial charge is 0.177 e. The molecule has 160 valence electrons. The van der Waals surface area contributed by atoms with E-state index in [4.69, 9.17) is 0 Å². The number of rotatable bonds is 17. The number of carbonyl (C=O) groups is 2. The lowest BCUT2D eigenvalue weighted by molar-refractivity contribution is -0.875. The highest BCUT2D eigenvalue weighted by Gasteiger charge is 2.41. The van der Waals surface area contributed by atoms with Crippen molar-refractivity contribution in [3.8, 4) is 0 Å². The van der Waals surface area contributed by atoms with E-state index in [0.717, 1.165) is 19.3 Å². The van der Waals surface area contributed by atoms with Crippen molar-refractivity contribution in [2.24, 2.45) is 0 Å². The number of carboxylic acids is 1. The number of carbonyl (C=O) groups excluding carboxylic acids is 2. The number of carboxylic acid groups (broad SMARTS) is 1. The van der Waals surface area contributed by atoms with Gasteiger partial charge in [0.1, 0.15) is 6.54 Å². The summed E-state index contributed by atoms with van der Waals surface area (Å²) in [5.41, 5.74) is -2.00. The molecule has 0 bridgehead atoms. The van der Waals surface area contributed by atoms with Gasteiger partial charge >= 0.3 is 0 Å². The van der Waals surface area contributed by atoms with Crippen LogP contribution in [0.2, 0.25) is 0 Å². The molecule has 0 aromatic heterocycles. The third-order valence-electron chi connectivity index (χ3n) is 4.75. The summed E-state index contributed by atoms with van der Waals surface area (Å²) in [5, 5.41) is 31.6. The minimum absolute atomic E-state index is 0.0371. The van der Waals surface area contributed by atoms with Crippen LogP contribution in [0, 0.1) is 0 Å². The SMILES string of the molecule is CCCCCCCCCCCC(O)CC(=O)[C@@](O)(CC(=O)[O-])C[N+](C)(C)C. The van der Waals surface area contributed by atoms with Crippen LogP contribution in [0.5, 0.6) is 0 Å². The highest BCUT2D eigenvalue weighted by molar-refractivity contribution is 5.91. The van der Waals surface area contributed by atoms with Gasteiger partial charge < -0.3 is 24.6 Å². The number of aliphatic carboxylic acids is 1. The van der Waals surface area contributed by atoms with Crippen LogP contribution in [0.1, 0.15) is 84.0 Å². The molecule has 0 aliphatic carbocycles. The third-order valence-corrected chi connectivity index (χ3v) is 4.75. The number of nitrogens with zero attached hydrogens (tertiary/aromatic N) is 1. The van der Waals surface area contributed by atoms with Crippen LogP contribution in [0.4, 0.5) is 0 Å². The zero-order valence-electron chi connectivity index (χ0n) is 17.8. The molecule has 1 unspecified atom stereocenters. The zero-order chi connectivity index (χ0) is 20.9. The Labute approximate surface area is 165 Å². The third kappa shape index (κ3) is 13.8. The van der Waals surface area contributed by atoms with Crippen molar-refractivity contribution in [3.05, 3.63) is 0 Å². The van der Waals surface area contributed by atoms with Gasteiger partial charge in [-0.25, -0.2) is 0 Å². The van der Waals surface area contributed by atoms with Gasteiger partial charge in [-0.05, 0) is 6.42 Å². The lowest BCUT2D eigenvalue weighted by Crippen LogP contribution is -2.56. The first-order chi connectivity index (χ1) is 12.5. The highest BCUT2D eigenvalue weighted by atomic mass is 16.4. The fourth-order valence-electron chi connectivity index (χ4n) is 3.46. The average Bonchev–Trinajstić information content (AvgIpc) is 2.50. The molecule has 0 fully saturated rings. The number of ketones is 1. The first kappa shape index (κ1) is 26.0. The van der Waals surface area contributed by atoms with Gasteiger partial charge in [0.05, 0.1) is 27.2 Å². The lowest BCUT2D eigenvalue weighted by atomic mass is 9.88. The largest absolute Gasteiger partial charge is 0.550 e. The summed E-state index contributed by atoms with van der Waals surface area (Å²) < 4.78 is 0.240. The molecule has 0 aromatic carbocycles. The van der Waals surface area contributed by atoms with E-state index in [1.54, 1.807) is 21.1 Å². The molecule has 6 nitrogen and oxygen atoms in total. The molecule has 0 amide bonds. The molecule has 0 saturated carbocycles. The van der Waals surface area contributed by atoms with Crippen molar-refractivity contribution in [2.75, 3.05) is 27.7 Å². The Morgan fingerprint density at radius 1 is 0.963 bits per heavy atom. The Morgan fingerprint density at radius 2 is 1.44 bits per heavy atom. The molecule has 0 aliphatic rings. The van der Waals surface area contributed by atoms with E-state index in [1.165, 1.54) is 38.5 Å². The lowest BCUT2D eigenvalue weighted by Gasteiger charge is -2.35. The number of Topliss-reactive ketones (excluding diaryl/α,β-unsaturated/α-hetero) is 1. The number of likely N-dealkylation sites (N-methyl/N-ethyl adjacent to an activating group) is 1. The average molecular weight is 388 g/mol. The monoisotopic (exact) mass is 387 g/mol. The van der Waals surface area contributed by atoms with Crippen LogP contribution >= 0.6 is 0 Å². The Hall–Kier alpha value is -0.980. The number of aliphatic hydroxyl groups excluding tert-OH is 1. The van der Waals surface area contributed by atoms with Crippen molar-refractivity contribution < 1.29 is 29.4 Å². The zero-order valence-corrected chi connectivity index (χ0v) is 17.8. The predicted octanol–water partition coefficient (Wildman–Crippen LogP) is 1.80. The highest BCUT2D eigenvalue weighted by Crippen LogP contribution is 2.20. The first-order valence-corrected chi connectivity index (χ1v) is 10.4. The maximum absolute atomic E-state index is 12.4. The Kier molecular flexibility index (Phi) is 12.8. The van der Waals surface area contributed by atoms with Crippen LogP contribution in [0.25, 0.3) is 0 Å². The van der Waals surface area contributed by atoms with E-state index in [1.807, 2.05) is 0 Å². The van der Waals surface area contributed by atoms with Crippen molar-refractivity contribution in [3.63, 3.8) is 0 Å². The molecule has 0 heterocycles. The summed E-state index contributed by atoms with van der Waals surface area (Å²) in [7, 11) is 5.31. The normalized spacial score (nSPS) is 15.3. The summed E-state index contributed by atoms with van der Waals surface area (Å²) in [6, 6.07) is 0.